The molecule has 0 saturated heterocycles. The van der Waals surface area contributed by atoms with Crippen molar-refractivity contribution in [3.05, 3.63) is 51.7 Å². The van der Waals surface area contributed by atoms with Crippen molar-refractivity contribution in [2.75, 3.05) is 18.0 Å². The maximum Gasteiger partial charge on any atom is 0.325 e. The van der Waals surface area contributed by atoms with E-state index in [1.54, 1.807) is 0 Å². The van der Waals surface area contributed by atoms with Gasteiger partial charge < -0.3 is 4.90 Å². The summed E-state index contributed by atoms with van der Waals surface area (Å²) in [6.07, 6.45) is 2.94. The standard InChI is InChI=1S/C18H20N2OS/c1-2-15-14-9-12-22-17(14)8-11-19(15)18(21)20-10-7-13-5-3-4-6-16(13)20/h3-6,9,12,15H,2,7-8,10-11H2,1H3. The lowest BCUT2D eigenvalue weighted by Gasteiger charge is -2.38. The largest absolute Gasteiger partial charge is 0.325 e. The molecule has 0 aliphatic carbocycles. The van der Waals surface area contributed by atoms with Crippen molar-refractivity contribution in [2.24, 2.45) is 0 Å². The zero-order valence-electron chi connectivity index (χ0n) is 12.8. The van der Waals surface area contributed by atoms with E-state index in [0.717, 1.165) is 38.0 Å². The molecule has 2 aromatic rings. The molecule has 0 radical (unpaired) electrons. The normalized spacial score (nSPS) is 20.0. The van der Waals surface area contributed by atoms with Crippen molar-refractivity contribution in [3.8, 4) is 0 Å². The molecular weight excluding hydrogens is 292 g/mol. The van der Waals surface area contributed by atoms with Crippen LogP contribution in [-0.2, 0) is 12.8 Å². The summed E-state index contributed by atoms with van der Waals surface area (Å²) in [4.78, 5) is 18.6. The molecule has 0 spiro atoms. The number of carbonyl (C=O) groups excluding carboxylic acids is 1. The summed E-state index contributed by atoms with van der Waals surface area (Å²) in [5.41, 5.74) is 3.75. The minimum atomic E-state index is 0.175. The number of para-hydroxylation sites is 1. The quantitative estimate of drug-likeness (QED) is 0.772. The van der Waals surface area contributed by atoms with Gasteiger partial charge in [0, 0.05) is 23.7 Å². The molecule has 4 rings (SSSR count). The van der Waals surface area contributed by atoms with Gasteiger partial charge >= 0.3 is 6.03 Å². The van der Waals surface area contributed by atoms with E-state index in [4.69, 9.17) is 0 Å². The second kappa shape index (κ2) is 5.43. The number of thiophene rings is 1. The number of urea groups is 1. The molecule has 114 valence electrons. The zero-order chi connectivity index (χ0) is 15.1. The second-order valence-corrected chi connectivity index (χ2v) is 6.98. The Hall–Kier alpha value is -1.81. The van der Waals surface area contributed by atoms with Crippen molar-refractivity contribution in [1.29, 1.82) is 0 Å². The highest BCUT2D eigenvalue weighted by Gasteiger charge is 2.35. The first kappa shape index (κ1) is 13.8. The third kappa shape index (κ3) is 2.05. The van der Waals surface area contributed by atoms with Gasteiger partial charge in [0.05, 0.1) is 6.04 Å². The maximum atomic E-state index is 13.1. The lowest BCUT2D eigenvalue weighted by atomic mass is 9.98. The number of benzene rings is 1. The number of carbonyl (C=O) groups is 1. The van der Waals surface area contributed by atoms with Crippen LogP contribution in [0.4, 0.5) is 10.5 Å². The van der Waals surface area contributed by atoms with Gasteiger partial charge in [-0.3, -0.25) is 4.90 Å². The molecule has 0 N–H and O–H groups in total. The van der Waals surface area contributed by atoms with Crippen LogP contribution in [0.15, 0.2) is 35.7 Å². The second-order valence-electron chi connectivity index (χ2n) is 5.98. The molecule has 0 bridgehead atoms. The van der Waals surface area contributed by atoms with Crippen LogP contribution in [-0.4, -0.2) is 24.0 Å². The van der Waals surface area contributed by atoms with Crippen LogP contribution in [0.25, 0.3) is 0 Å². The predicted octanol–water partition coefficient (Wildman–Crippen LogP) is 4.24. The van der Waals surface area contributed by atoms with Gasteiger partial charge in [-0.1, -0.05) is 25.1 Å². The Morgan fingerprint density at radius 2 is 2.09 bits per heavy atom. The summed E-state index contributed by atoms with van der Waals surface area (Å²) < 4.78 is 0. The van der Waals surface area contributed by atoms with Crippen molar-refractivity contribution < 1.29 is 4.79 Å². The highest BCUT2D eigenvalue weighted by atomic mass is 32.1. The van der Waals surface area contributed by atoms with Gasteiger partial charge in [0.15, 0.2) is 0 Å². The Balaban J connectivity index is 1.64. The summed E-state index contributed by atoms with van der Waals surface area (Å²) in [7, 11) is 0. The number of hydrogen-bond acceptors (Lipinski definition) is 2. The number of rotatable bonds is 1. The van der Waals surface area contributed by atoms with Crippen LogP contribution in [0.3, 0.4) is 0 Å². The number of nitrogens with zero attached hydrogens (tertiary/aromatic N) is 2. The van der Waals surface area contributed by atoms with E-state index in [1.807, 2.05) is 22.3 Å². The van der Waals surface area contributed by atoms with Crippen LogP contribution in [0.5, 0.6) is 0 Å². The Kier molecular flexibility index (Phi) is 3.41. The smallest absolute Gasteiger partial charge is 0.317 e. The van der Waals surface area contributed by atoms with Crippen molar-refractivity contribution in [2.45, 2.75) is 32.2 Å². The van der Waals surface area contributed by atoms with Gasteiger partial charge in [0.2, 0.25) is 0 Å². The minimum Gasteiger partial charge on any atom is -0.317 e. The number of hydrogen-bond donors (Lipinski definition) is 0. The monoisotopic (exact) mass is 312 g/mol. The van der Waals surface area contributed by atoms with Gasteiger partial charge in [-0.2, -0.15) is 0 Å². The SMILES string of the molecule is CCC1c2ccsc2CCN1C(=O)N1CCc2ccccc21. The average molecular weight is 312 g/mol. The fourth-order valence-corrected chi connectivity index (χ4v) is 4.69. The lowest BCUT2D eigenvalue weighted by Crippen LogP contribution is -2.47. The Morgan fingerprint density at radius 1 is 1.23 bits per heavy atom. The Labute approximate surface area is 135 Å². The van der Waals surface area contributed by atoms with Crippen LogP contribution in [0, 0.1) is 0 Å². The molecule has 1 atom stereocenters. The molecule has 2 aliphatic heterocycles. The molecule has 1 unspecified atom stereocenters. The molecule has 3 nitrogen and oxygen atoms in total. The van der Waals surface area contributed by atoms with Crippen molar-refractivity contribution in [3.63, 3.8) is 0 Å². The first-order chi connectivity index (χ1) is 10.8. The van der Waals surface area contributed by atoms with Crippen LogP contribution < -0.4 is 4.90 Å². The van der Waals surface area contributed by atoms with Gasteiger partial charge in [-0.25, -0.2) is 4.79 Å². The summed E-state index contributed by atoms with van der Waals surface area (Å²) in [5, 5.41) is 2.16. The molecule has 3 heterocycles. The van der Waals surface area contributed by atoms with E-state index in [2.05, 4.69) is 41.5 Å². The summed E-state index contributed by atoms with van der Waals surface area (Å²) >= 11 is 1.83. The average Bonchev–Trinajstić information content (AvgIpc) is 3.19. The third-order valence-corrected chi connectivity index (χ3v) is 5.84. The van der Waals surface area contributed by atoms with Gasteiger partial charge in [0.25, 0.3) is 0 Å². The Morgan fingerprint density at radius 3 is 2.95 bits per heavy atom. The minimum absolute atomic E-state index is 0.175. The molecule has 4 heteroatoms. The summed E-state index contributed by atoms with van der Waals surface area (Å²) in [5.74, 6) is 0. The highest BCUT2D eigenvalue weighted by molar-refractivity contribution is 7.10. The molecule has 2 aliphatic rings. The zero-order valence-corrected chi connectivity index (χ0v) is 13.6. The number of anilines is 1. The maximum absolute atomic E-state index is 13.1. The topological polar surface area (TPSA) is 23.6 Å². The van der Waals surface area contributed by atoms with Gasteiger partial charge in [0.1, 0.15) is 0 Å². The van der Waals surface area contributed by atoms with Crippen molar-refractivity contribution in [1.82, 2.24) is 4.90 Å². The third-order valence-electron chi connectivity index (χ3n) is 4.85. The molecular formula is C18H20N2OS. The Bertz CT molecular complexity index is 709. The first-order valence-electron chi connectivity index (χ1n) is 8.02. The first-order valence-corrected chi connectivity index (χ1v) is 8.90. The molecule has 1 aromatic heterocycles. The van der Waals surface area contributed by atoms with E-state index in [0.29, 0.717) is 0 Å². The van der Waals surface area contributed by atoms with E-state index >= 15 is 0 Å². The van der Waals surface area contributed by atoms with E-state index < -0.39 is 0 Å². The van der Waals surface area contributed by atoms with E-state index in [1.165, 1.54) is 16.0 Å². The molecule has 1 aromatic carbocycles. The van der Waals surface area contributed by atoms with Gasteiger partial charge in [-0.05, 0) is 47.9 Å². The molecule has 22 heavy (non-hydrogen) atoms. The van der Waals surface area contributed by atoms with Gasteiger partial charge in [-0.15, -0.1) is 11.3 Å². The summed E-state index contributed by atoms with van der Waals surface area (Å²) in [6, 6.07) is 10.9. The molecule has 2 amide bonds. The fourth-order valence-electron chi connectivity index (χ4n) is 3.76. The van der Waals surface area contributed by atoms with E-state index in [-0.39, 0.29) is 12.1 Å². The van der Waals surface area contributed by atoms with E-state index in [9.17, 15) is 4.79 Å². The van der Waals surface area contributed by atoms with Crippen LogP contribution in [0.2, 0.25) is 0 Å². The van der Waals surface area contributed by atoms with Crippen molar-refractivity contribution >= 4 is 23.1 Å². The predicted molar refractivity (Wildman–Crippen MR) is 90.6 cm³/mol. The van der Waals surface area contributed by atoms with Crippen LogP contribution in [0.1, 0.15) is 35.4 Å². The molecule has 0 saturated carbocycles. The number of fused-ring (bicyclic) bond motifs is 2. The van der Waals surface area contributed by atoms with Crippen LogP contribution >= 0.6 is 11.3 Å². The number of amides is 2. The fraction of sp³-hybridized carbons (Fsp3) is 0.389. The lowest BCUT2D eigenvalue weighted by molar-refractivity contribution is 0.175. The molecule has 0 fully saturated rings. The summed E-state index contributed by atoms with van der Waals surface area (Å²) in [6.45, 7) is 3.82. The highest BCUT2D eigenvalue weighted by Crippen LogP contribution is 2.37.